The van der Waals surface area contributed by atoms with Crippen LogP contribution in [0, 0.1) is 17.8 Å². The molecule has 2 rings (SSSR count). The van der Waals surface area contributed by atoms with E-state index in [0.29, 0.717) is 12.1 Å². The fourth-order valence-electron chi connectivity index (χ4n) is 3.96. The van der Waals surface area contributed by atoms with Crippen LogP contribution in [0.15, 0.2) is 0 Å². The van der Waals surface area contributed by atoms with Crippen LogP contribution in [-0.4, -0.2) is 26.3 Å². The van der Waals surface area contributed by atoms with E-state index < -0.39 is 0 Å². The van der Waals surface area contributed by atoms with Gasteiger partial charge < -0.3 is 10.1 Å². The van der Waals surface area contributed by atoms with Crippen LogP contribution in [0.4, 0.5) is 0 Å². The molecule has 2 aliphatic rings. The molecule has 0 heterocycles. The first-order valence-corrected chi connectivity index (χ1v) is 7.43. The maximum atomic E-state index is 5.34. The highest BCUT2D eigenvalue weighted by molar-refractivity contribution is 4.91. The highest BCUT2D eigenvalue weighted by Crippen LogP contribution is 2.50. The van der Waals surface area contributed by atoms with Gasteiger partial charge in [-0.05, 0) is 70.3 Å². The predicted octanol–water partition coefficient (Wildman–Crippen LogP) is 3.22. The third-order valence-corrected chi connectivity index (χ3v) is 5.20. The Morgan fingerprint density at radius 1 is 1.24 bits per heavy atom. The third kappa shape index (κ3) is 3.45. The molecule has 0 saturated heterocycles. The van der Waals surface area contributed by atoms with Gasteiger partial charge in [-0.2, -0.15) is 0 Å². The highest BCUT2D eigenvalue weighted by atomic mass is 16.5. The summed E-state index contributed by atoms with van der Waals surface area (Å²) in [6, 6.07) is 0.706. The summed E-state index contributed by atoms with van der Waals surface area (Å²) >= 11 is 0. The molecular weight excluding hydrogens is 210 g/mol. The number of methoxy groups -OCH3 is 1. The van der Waals surface area contributed by atoms with E-state index in [1.54, 1.807) is 0 Å². The molecule has 2 nitrogen and oxygen atoms in total. The average Bonchev–Trinajstić information content (AvgIpc) is 2.95. The molecule has 0 spiro atoms. The molecule has 0 aliphatic heterocycles. The van der Waals surface area contributed by atoms with Gasteiger partial charge >= 0.3 is 0 Å². The molecule has 17 heavy (non-hydrogen) atoms. The molecule has 2 saturated carbocycles. The van der Waals surface area contributed by atoms with E-state index >= 15 is 0 Å². The minimum Gasteiger partial charge on any atom is -0.382 e. The van der Waals surface area contributed by atoms with Gasteiger partial charge in [0.1, 0.15) is 0 Å². The Hall–Kier alpha value is -0.0800. The van der Waals surface area contributed by atoms with Crippen LogP contribution in [0.2, 0.25) is 0 Å². The lowest BCUT2D eigenvalue weighted by molar-refractivity contribution is 0.104. The Morgan fingerprint density at radius 2 is 2.06 bits per heavy atom. The van der Waals surface area contributed by atoms with Gasteiger partial charge in [-0.25, -0.2) is 0 Å². The first-order valence-electron chi connectivity index (χ1n) is 7.43. The summed E-state index contributed by atoms with van der Waals surface area (Å²) < 4.78 is 5.34. The van der Waals surface area contributed by atoms with Crippen molar-refractivity contribution in [2.24, 2.45) is 17.8 Å². The maximum Gasteiger partial charge on any atom is 0.0543 e. The standard InChI is InChI=1S/C15H29NO/c1-11(17-3)4-7-15(16-2)10-14-9-12-5-6-13(14)8-12/h11-16H,4-10H2,1-3H3. The van der Waals surface area contributed by atoms with Crippen molar-refractivity contribution >= 4 is 0 Å². The zero-order chi connectivity index (χ0) is 12.3. The van der Waals surface area contributed by atoms with Crippen LogP contribution in [0.1, 0.15) is 51.9 Å². The number of fused-ring (bicyclic) bond motifs is 2. The molecule has 5 unspecified atom stereocenters. The smallest absolute Gasteiger partial charge is 0.0543 e. The largest absolute Gasteiger partial charge is 0.382 e. The highest BCUT2D eigenvalue weighted by Gasteiger charge is 2.39. The van der Waals surface area contributed by atoms with Gasteiger partial charge in [0.15, 0.2) is 0 Å². The quantitative estimate of drug-likeness (QED) is 0.736. The molecule has 100 valence electrons. The first-order chi connectivity index (χ1) is 8.22. The van der Waals surface area contributed by atoms with Crippen LogP contribution in [-0.2, 0) is 4.74 Å². The molecule has 0 aromatic rings. The lowest BCUT2D eigenvalue weighted by atomic mass is 9.83. The van der Waals surface area contributed by atoms with Crippen LogP contribution in [0.5, 0.6) is 0 Å². The number of rotatable bonds is 7. The van der Waals surface area contributed by atoms with Crippen molar-refractivity contribution in [3.05, 3.63) is 0 Å². The van der Waals surface area contributed by atoms with E-state index in [9.17, 15) is 0 Å². The zero-order valence-corrected chi connectivity index (χ0v) is 11.7. The molecular formula is C15H29NO. The topological polar surface area (TPSA) is 21.3 Å². The van der Waals surface area contributed by atoms with E-state index in [2.05, 4.69) is 19.3 Å². The Morgan fingerprint density at radius 3 is 2.59 bits per heavy atom. The normalized spacial score (nSPS) is 35.1. The molecule has 0 amide bonds. The number of hydrogen-bond acceptors (Lipinski definition) is 2. The molecule has 1 N–H and O–H groups in total. The summed E-state index contributed by atoms with van der Waals surface area (Å²) in [5.41, 5.74) is 0. The van der Waals surface area contributed by atoms with Crippen LogP contribution >= 0.6 is 0 Å². The van der Waals surface area contributed by atoms with Crippen molar-refractivity contribution in [1.29, 1.82) is 0 Å². The molecule has 2 bridgehead atoms. The maximum absolute atomic E-state index is 5.34. The monoisotopic (exact) mass is 239 g/mol. The second kappa shape index (κ2) is 6.19. The lowest BCUT2D eigenvalue weighted by Crippen LogP contribution is -2.30. The minimum atomic E-state index is 0.408. The summed E-state index contributed by atoms with van der Waals surface area (Å²) in [5.74, 6) is 3.17. The van der Waals surface area contributed by atoms with Crippen molar-refractivity contribution in [3.63, 3.8) is 0 Å². The van der Waals surface area contributed by atoms with Crippen molar-refractivity contribution in [3.8, 4) is 0 Å². The van der Waals surface area contributed by atoms with E-state index in [0.717, 1.165) is 17.8 Å². The Kier molecular flexibility index (Phi) is 4.87. The molecule has 0 aromatic heterocycles. The van der Waals surface area contributed by atoms with E-state index in [1.165, 1.54) is 44.9 Å². The molecule has 2 fully saturated rings. The number of nitrogens with one attached hydrogen (secondary N) is 1. The Balaban J connectivity index is 1.72. The summed E-state index contributed by atoms with van der Waals surface area (Å²) in [7, 11) is 3.93. The van der Waals surface area contributed by atoms with Crippen molar-refractivity contribution < 1.29 is 4.74 Å². The van der Waals surface area contributed by atoms with Gasteiger partial charge in [0, 0.05) is 13.2 Å². The van der Waals surface area contributed by atoms with E-state index in [1.807, 2.05) is 7.11 Å². The Labute approximate surface area is 107 Å². The predicted molar refractivity (Wildman–Crippen MR) is 72.1 cm³/mol. The molecule has 2 heteroatoms. The first kappa shape index (κ1) is 13.4. The fourth-order valence-corrected chi connectivity index (χ4v) is 3.96. The van der Waals surface area contributed by atoms with Crippen molar-refractivity contribution in [1.82, 2.24) is 5.32 Å². The lowest BCUT2D eigenvalue weighted by Gasteiger charge is -2.27. The van der Waals surface area contributed by atoms with Crippen LogP contribution in [0.25, 0.3) is 0 Å². The second-order valence-electron chi connectivity index (χ2n) is 6.28. The third-order valence-electron chi connectivity index (χ3n) is 5.20. The number of hydrogen-bond donors (Lipinski definition) is 1. The minimum absolute atomic E-state index is 0.408. The van der Waals surface area contributed by atoms with Crippen molar-refractivity contribution in [2.45, 2.75) is 64.0 Å². The molecule has 0 radical (unpaired) electrons. The molecule has 5 atom stereocenters. The van der Waals surface area contributed by atoms with Crippen LogP contribution in [0.3, 0.4) is 0 Å². The Bertz CT molecular complexity index is 231. The van der Waals surface area contributed by atoms with Gasteiger partial charge in [-0.3, -0.25) is 0 Å². The van der Waals surface area contributed by atoms with Gasteiger partial charge in [-0.15, -0.1) is 0 Å². The van der Waals surface area contributed by atoms with Gasteiger partial charge in [0.05, 0.1) is 6.10 Å². The second-order valence-corrected chi connectivity index (χ2v) is 6.28. The average molecular weight is 239 g/mol. The van der Waals surface area contributed by atoms with Gasteiger partial charge in [0.2, 0.25) is 0 Å². The summed E-state index contributed by atoms with van der Waals surface area (Å²) in [5, 5.41) is 3.51. The molecule has 0 aromatic carbocycles. The van der Waals surface area contributed by atoms with Crippen molar-refractivity contribution in [2.75, 3.05) is 14.2 Å². The summed E-state index contributed by atoms with van der Waals surface area (Å²) in [6.07, 6.45) is 10.3. The molecule has 2 aliphatic carbocycles. The van der Waals surface area contributed by atoms with Gasteiger partial charge in [0.25, 0.3) is 0 Å². The number of ether oxygens (including phenoxy) is 1. The zero-order valence-electron chi connectivity index (χ0n) is 11.7. The van der Waals surface area contributed by atoms with Gasteiger partial charge in [-0.1, -0.05) is 6.42 Å². The van der Waals surface area contributed by atoms with E-state index in [-0.39, 0.29) is 0 Å². The SMILES string of the molecule is CNC(CCC(C)OC)CC1CC2CCC1C2. The van der Waals surface area contributed by atoms with Crippen LogP contribution < -0.4 is 5.32 Å². The van der Waals surface area contributed by atoms with E-state index in [4.69, 9.17) is 4.74 Å². The summed E-state index contributed by atoms with van der Waals surface area (Å²) in [4.78, 5) is 0. The summed E-state index contributed by atoms with van der Waals surface area (Å²) in [6.45, 7) is 2.17. The fraction of sp³-hybridized carbons (Fsp3) is 1.00.